The quantitative estimate of drug-likeness (QED) is 0.659. The van der Waals surface area contributed by atoms with Gasteiger partial charge < -0.3 is 4.57 Å². The van der Waals surface area contributed by atoms with Gasteiger partial charge in [-0.2, -0.15) is 0 Å². The van der Waals surface area contributed by atoms with E-state index < -0.39 is 0 Å². The summed E-state index contributed by atoms with van der Waals surface area (Å²) >= 11 is 6.01. The fourth-order valence-corrected chi connectivity index (χ4v) is 2.62. The molecule has 1 aromatic heterocycles. The molecule has 0 aliphatic carbocycles. The Labute approximate surface area is 122 Å². The monoisotopic (exact) mass is 283 g/mol. The van der Waals surface area contributed by atoms with Crippen molar-refractivity contribution in [3.8, 4) is 0 Å². The standard InChI is InChI=1S/C17H14ClNO/c1-19-11-15(14-8-7-13(18)10-16(14)19)17(20)9-12-5-3-2-4-6-12/h2-8,10-11H,9H2,1H3. The van der Waals surface area contributed by atoms with E-state index >= 15 is 0 Å². The van der Waals surface area contributed by atoms with Gasteiger partial charge in [0, 0.05) is 41.2 Å². The third-order valence-corrected chi connectivity index (χ3v) is 3.70. The van der Waals surface area contributed by atoms with Crippen LogP contribution >= 0.6 is 11.6 Å². The van der Waals surface area contributed by atoms with Crippen molar-refractivity contribution >= 4 is 28.3 Å². The number of halogens is 1. The smallest absolute Gasteiger partial charge is 0.169 e. The molecule has 0 atom stereocenters. The Morgan fingerprint density at radius 3 is 2.65 bits per heavy atom. The molecular weight excluding hydrogens is 270 g/mol. The first-order valence-corrected chi connectivity index (χ1v) is 6.84. The molecule has 2 aromatic carbocycles. The van der Waals surface area contributed by atoms with Gasteiger partial charge in [-0.3, -0.25) is 4.79 Å². The van der Waals surface area contributed by atoms with Gasteiger partial charge in [0.05, 0.1) is 0 Å². The second kappa shape index (κ2) is 5.14. The average Bonchev–Trinajstić information content (AvgIpc) is 2.77. The van der Waals surface area contributed by atoms with E-state index in [9.17, 15) is 4.79 Å². The van der Waals surface area contributed by atoms with E-state index in [0.717, 1.165) is 22.0 Å². The van der Waals surface area contributed by atoms with Crippen molar-refractivity contribution in [1.82, 2.24) is 4.57 Å². The minimum Gasteiger partial charge on any atom is -0.350 e. The Hall–Kier alpha value is -2.06. The average molecular weight is 284 g/mol. The summed E-state index contributed by atoms with van der Waals surface area (Å²) in [6.07, 6.45) is 2.30. The number of fused-ring (bicyclic) bond motifs is 1. The highest BCUT2D eigenvalue weighted by Gasteiger charge is 2.14. The van der Waals surface area contributed by atoms with Gasteiger partial charge in [-0.1, -0.05) is 48.0 Å². The number of Topliss-reactive ketones (excluding diaryl/α,β-unsaturated/α-hetero) is 1. The fraction of sp³-hybridized carbons (Fsp3) is 0.118. The summed E-state index contributed by atoms with van der Waals surface area (Å²) in [6, 6.07) is 15.4. The van der Waals surface area contributed by atoms with Crippen molar-refractivity contribution < 1.29 is 4.79 Å². The molecule has 0 radical (unpaired) electrons. The van der Waals surface area contributed by atoms with E-state index in [0.29, 0.717) is 11.4 Å². The van der Waals surface area contributed by atoms with Gasteiger partial charge in [0.15, 0.2) is 5.78 Å². The molecule has 0 amide bonds. The number of hydrogen-bond acceptors (Lipinski definition) is 1. The predicted octanol–water partition coefficient (Wildman–Crippen LogP) is 4.26. The molecule has 0 N–H and O–H groups in total. The molecule has 0 spiro atoms. The van der Waals surface area contributed by atoms with Crippen LogP contribution in [0.25, 0.3) is 10.9 Å². The van der Waals surface area contributed by atoms with Crippen LogP contribution in [-0.2, 0) is 13.5 Å². The Kier molecular flexibility index (Phi) is 3.33. The zero-order valence-corrected chi connectivity index (χ0v) is 11.9. The Balaban J connectivity index is 2.00. The molecule has 20 heavy (non-hydrogen) atoms. The third kappa shape index (κ3) is 2.35. The SMILES string of the molecule is Cn1cc(C(=O)Cc2ccccc2)c2ccc(Cl)cc21. The summed E-state index contributed by atoms with van der Waals surface area (Å²) in [5, 5.41) is 1.64. The minimum absolute atomic E-state index is 0.129. The molecule has 3 rings (SSSR count). The molecule has 100 valence electrons. The number of aryl methyl sites for hydroxylation is 1. The minimum atomic E-state index is 0.129. The first kappa shape index (κ1) is 12.9. The number of ketones is 1. The largest absolute Gasteiger partial charge is 0.350 e. The zero-order valence-electron chi connectivity index (χ0n) is 11.1. The van der Waals surface area contributed by atoms with Gasteiger partial charge in [0.25, 0.3) is 0 Å². The molecule has 0 unspecified atom stereocenters. The summed E-state index contributed by atoms with van der Waals surface area (Å²) in [7, 11) is 1.93. The van der Waals surface area contributed by atoms with E-state index in [1.54, 1.807) is 0 Å². The first-order valence-electron chi connectivity index (χ1n) is 6.47. The molecular formula is C17H14ClNO. The van der Waals surface area contributed by atoms with Gasteiger partial charge in [-0.15, -0.1) is 0 Å². The number of hydrogen-bond donors (Lipinski definition) is 0. The summed E-state index contributed by atoms with van der Waals surface area (Å²) in [5.74, 6) is 0.129. The van der Waals surface area contributed by atoms with Crippen LogP contribution in [0, 0.1) is 0 Å². The summed E-state index contributed by atoms with van der Waals surface area (Å²) in [5.41, 5.74) is 2.76. The van der Waals surface area contributed by atoms with Crippen LogP contribution in [0.15, 0.2) is 54.7 Å². The second-order valence-corrected chi connectivity index (χ2v) is 5.34. The third-order valence-electron chi connectivity index (χ3n) is 3.46. The highest BCUT2D eigenvalue weighted by molar-refractivity contribution is 6.31. The highest BCUT2D eigenvalue weighted by atomic mass is 35.5. The Bertz CT molecular complexity index is 774. The van der Waals surface area contributed by atoms with E-state index in [-0.39, 0.29) is 5.78 Å². The molecule has 0 bridgehead atoms. The number of carbonyl (C=O) groups is 1. The van der Waals surface area contributed by atoms with Crippen LogP contribution in [0.4, 0.5) is 0 Å². The van der Waals surface area contributed by atoms with Crippen LogP contribution in [0.1, 0.15) is 15.9 Å². The lowest BCUT2D eigenvalue weighted by Gasteiger charge is -2.00. The second-order valence-electron chi connectivity index (χ2n) is 4.90. The van der Waals surface area contributed by atoms with E-state index in [1.165, 1.54) is 0 Å². The van der Waals surface area contributed by atoms with E-state index in [2.05, 4.69) is 0 Å². The maximum absolute atomic E-state index is 12.5. The molecule has 3 heteroatoms. The molecule has 0 saturated carbocycles. The lowest BCUT2D eigenvalue weighted by molar-refractivity contribution is 0.0994. The Morgan fingerprint density at radius 1 is 1.15 bits per heavy atom. The van der Waals surface area contributed by atoms with Gasteiger partial charge >= 0.3 is 0 Å². The van der Waals surface area contributed by atoms with Gasteiger partial charge in [-0.25, -0.2) is 0 Å². The first-order chi connectivity index (χ1) is 9.65. The molecule has 2 nitrogen and oxygen atoms in total. The number of carbonyl (C=O) groups excluding carboxylic acids is 1. The lowest BCUT2D eigenvalue weighted by Crippen LogP contribution is -2.02. The highest BCUT2D eigenvalue weighted by Crippen LogP contribution is 2.25. The van der Waals surface area contributed by atoms with Crippen LogP contribution < -0.4 is 0 Å². The van der Waals surface area contributed by atoms with Gasteiger partial charge in [-0.05, 0) is 17.7 Å². The molecule has 0 saturated heterocycles. The number of benzene rings is 2. The van der Waals surface area contributed by atoms with E-state index in [1.807, 2.05) is 66.3 Å². The number of nitrogens with zero attached hydrogens (tertiary/aromatic N) is 1. The number of aromatic nitrogens is 1. The molecule has 0 aliphatic heterocycles. The van der Waals surface area contributed by atoms with Gasteiger partial charge in [0.1, 0.15) is 0 Å². The van der Waals surface area contributed by atoms with Crippen molar-refractivity contribution in [3.05, 3.63) is 70.9 Å². The lowest BCUT2D eigenvalue weighted by atomic mass is 10.0. The van der Waals surface area contributed by atoms with Crippen molar-refractivity contribution in [2.75, 3.05) is 0 Å². The van der Waals surface area contributed by atoms with Crippen molar-refractivity contribution in [3.63, 3.8) is 0 Å². The summed E-state index contributed by atoms with van der Waals surface area (Å²) < 4.78 is 1.94. The van der Waals surface area contributed by atoms with Crippen LogP contribution in [-0.4, -0.2) is 10.4 Å². The van der Waals surface area contributed by atoms with E-state index in [4.69, 9.17) is 11.6 Å². The predicted molar refractivity (Wildman–Crippen MR) is 82.4 cm³/mol. The Morgan fingerprint density at radius 2 is 1.90 bits per heavy atom. The van der Waals surface area contributed by atoms with Crippen LogP contribution in [0.2, 0.25) is 5.02 Å². The molecule has 1 heterocycles. The molecule has 0 aliphatic rings. The van der Waals surface area contributed by atoms with Crippen LogP contribution in [0.3, 0.4) is 0 Å². The normalized spacial score (nSPS) is 10.9. The summed E-state index contributed by atoms with van der Waals surface area (Å²) in [4.78, 5) is 12.5. The van der Waals surface area contributed by atoms with Crippen molar-refractivity contribution in [1.29, 1.82) is 0 Å². The summed E-state index contributed by atoms with van der Waals surface area (Å²) in [6.45, 7) is 0. The molecule has 0 fully saturated rings. The van der Waals surface area contributed by atoms with Crippen molar-refractivity contribution in [2.24, 2.45) is 7.05 Å². The topological polar surface area (TPSA) is 22.0 Å². The zero-order chi connectivity index (χ0) is 14.1. The van der Waals surface area contributed by atoms with Crippen molar-refractivity contribution in [2.45, 2.75) is 6.42 Å². The maximum Gasteiger partial charge on any atom is 0.169 e. The van der Waals surface area contributed by atoms with Crippen LogP contribution in [0.5, 0.6) is 0 Å². The maximum atomic E-state index is 12.5. The van der Waals surface area contributed by atoms with Gasteiger partial charge in [0.2, 0.25) is 0 Å². The number of rotatable bonds is 3. The fourth-order valence-electron chi connectivity index (χ4n) is 2.46. The molecule has 3 aromatic rings.